The van der Waals surface area contributed by atoms with E-state index in [0.717, 1.165) is 12.3 Å². The summed E-state index contributed by atoms with van der Waals surface area (Å²) in [5.41, 5.74) is -1.52. The van der Waals surface area contributed by atoms with Crippen molar-refractivity contribution in [3.8, 4) is 5.75 Å². The van der Waals surface area contributed by atoms with Gasteiger partial charge in [-0.15, -0.1) is 0 Å². The Kier molecular flexibility index (Phi) is 5.82. The fourth-order valence-electron chi connectivity index (χ4n) is 1.98. The van der Waals surface area contributed by atoms with Gasteiger partial charge in [0.15, 0.2) is 16.4 Å². The van der Waals surface area contributed by atoms with Crippen LogP contribution in [0.25, 0.3) is 0 Å². The minimum atomic E-state index is -4.68. The summed E-state index contributed by atoms with van der Waals surface area (Å²) in [6.07, 6.45) is -3.64. The van der Waals surface area contributed by atoms with Crippen molar-refractivity contribution in [2.75, 3.05) is 18.2 Å². The van der Waals surface area contributed by atoms with Crippen molar-refractivity contribution in [1.29, 1.82) is 0 Å². The second kappa shape index (κ2) is 7.55. The molecule has 140 valence electrons. The number of benzene rings is 2. The van der Waals surface area contributed by atoms with Gasteiger partial charge < -0.3 is 10.1 Å². The second-order valence-corrected chi connectivity index (χ2v) is 7.72. The van der Waals surface area contributed by atoms with Crippen molar-refractivity contribution in [1.82, 2.24) is 0 Å². The lowest BCUT2D eigenvalue weighted by Crippen LogP contribution is -2.22. The van der Waals surface area contributed by atoms with Crippen LogP contribution in [0.4, 0.5) is 18.9 Å². The van der Waals surface area contributed by atoms with Gasteiger partial charge in [0, 0.05) is 11.3 Å². The van der Waals surface area contributed by atoms with E-state index in [4.69, 9.17) is 16.3 Å². The van der Waals surface area contributed by atoms with Crippen LogP contribution in [0.2, 0.25) is 5.02 Å². The number of amides is 1. The fraction of sp³-hybridized carbons (Fsp3) is 0.188. The van der Waals surface area contributed by atoms with Gasteiger partial charge in [-0.25, -0.2) is 8.42 Å². The summed E-state index contributed by atoms with van der Waals surface area (Å²) in [5, 5.41) is 2.00. The summed E-state index contributed by atoms with van der Waals surface area (Å²) in [4.78, 5) is 11.9. The first kappa shape index (κ1) is 20.1. The predicted molar refractivity (Wildman–Crippen MR) is 90.1 cm³/mol. The molecule has 1 amide bonds. The quantitative estimate of drug-likeness (QED) is 0.818. The highest BCUT2D eigenvalue weighted by Gasteiger charge is 2.34. The van der Waals surface area contributed by atoms with Gasteiger partial charge >= 0.3 is 6.18 Å². The first-order valence-electron chi connectivity index (χ1n) is 7.06. The molecule has 2 rings (SSSR count). The third kappa shape index (κ3) is 5.37. The maximum Gasteiger partial charge on any atom is 0.418 e. The van der Waals surface area contributed by atoms with Crippen LogP contribution in [-0.2, 0) is 20.8 Å². The Balaban J connectivity index is 2.04. The minimum absolute atomic E-state index is 0.0743. The van der Waals surface area contributed by atoms with E-state index in [-0.39, 0.29) is 15.7 Å². The molecule has 0 atom stereocenters. The Morgan fingerprint density at radius 2 is 1.77 bits per heavy atom. The molecule has 0 unspecified atom stereocenters. The molecule has 0 aromatic heterocycles. The molecule has 0 aliphatic rings. The molecule has 0 saturated heterocycles. The lowest BCUT2D eigenvalue weighted by Gasteiger charge is -2.14. The second-order valence-electron chi connectivity index (χ2n) is 5.27. The Hall–Kier alpha value is -2.26. The monoisotopic (exact) mass is 407 g/mol. The molecular weight excluding hydrogens is 395 g/mol. The number of carbonyl (C=O) groups is 1. The summed E-state index contributed by atoms with van der Waals surface area (Å²) < 4.78 is 66.8. The molecular formula is C16H13ClF3NO4S. The zero-order chi connectivity index (χ0) is 19.5. The van der Waals surface area contributed by atoms with Crippen LogP contribution in [0.3, 0.4) is 0 Å². The zero-order valence-corrected chi connectivity index (χ0v) is 14.9. The van der Waals surface area contributed by atoms with Crippen molar-refractivity contribution >= 4 is 33.0 Å². The van der Waals surface area contributed by atoms with Gasteiger partial charge in [0.05, 0.1) is 16.1 Å². The molecule has 10 heteroatoms. The van der Waals surface area contributed by atoms with Gasteiger partial charge in [-0.2, -0.15) is 13.2 Å². The highest BCUT2D eigenvalue weighted by atomic mass is 35.5. The number of anilines is 1. The third-order valence-electron chi connectivity index (χ3n) is 3.18. The van der Waals surface area contributed by atoms with E-state index in [1.54, 1.807) is 0 Å². The Bertz CT molecular complexity index is 912. The molecule has 1 N–H and O–H groups in total. The Morgan fingerprint density at radius 1 is 1.15 bits per heavy atom. The van der Waals surface area contributed by atoms with Crippen LogP contribution >= 0.6 is 11.6 Å². The normalized spacial score (nSPS) is 11.9. The fourth-order valence-corrected chi connectivity index (χ4v) is 2.78. The topological polar surface area (TPSA) is 72.5 Å². The highest BCUT2D eigenvalue weighted by Crippen LogP contribution is 2.36. The summed E-state index contributed by atoms with van der Waals surface area (Å²) in [6.45, 7) is -0.557. The van der Waals surface area contributed by atoms with E-state index in [0.29, 0.717) is 6.07 Å². The van der Waals surface area contributed by atoms with Crippen LogP contribution < -0.4 is 10.1 Å². The van der Waals surface area contributed by atoms with Gasteiger partial charge in [-0.3, -0.25) is 4.79 Å². The van der Waals surface area contributed by atoms with Crippen LogP contribution in [0.5, 0.6) is 5.75 Å². The summed E-state index contributed by atoms with van der Waals surface area (Å²) in [7, 11) is -3.37. The van der Waals surface area contributed by atoms with Crippen LogP contribution in [-0.4, -0.2) is 27.2 Å². The molecule has 2 aromatic carbocycles. The van der Waals surface area contributed by atoms with Crippen molar-refractivity contribution in [2.24, 2.45) is 0 Å². The largest absolute Gasteiger partial charge is 0.484 e. The van der Waals surface area contributed by atoms with Gasteiger partial charge in [0.25, 0.3) is 5.91 Å². The zero-order valence-electron chi connectivity index (χ0n) is 13.3. The minimum Gasteiger partial charge on any atom is -0.484 e. The van der Waals surface area contributed by atoms with Crippen LogP contribution in [0.1, 0.15) is 5.56 Å². The maximum absolute atomic E-state index is 13.0. The number of ether oxygens (including phenoxy) is 1. The number of rotatable bonds is 5. The smallest absolute Gasteiger partial charge is 0.418 e. The standard InChI is InChI=1S/C16H13ClF3NO4S/c1-26(23,24)12-5-3-11(4-6-12)25-9-15(22)21-14-7-2-10(17)8-13(14)16(18,19)20/h2-8H,9H2,1H3,(H,21,22). The van der Waals surface area contributed by atoms with E-state index in [1.807, 2.05) is 0 Å². The van der Waals surface area contributed by atoms with Gasteiger partial charge in [-0.1, -0.05) is 11.6 Å². The third-order valence-corrected chi connectivity index (χ3v) is 4.55. The van der Waals surface area contributed by atoms with Gasteiger partial charge in [-0.05, 0) is 42.5 Å². The van der Waals surface area contributed by atoms with Crippen LogP contribution in [0.15, 0.2) is 47.4 Å². The van der Waals surface area contributed by atoms with E-state index >= 15 is 0 Å². The molecule has 0 aliphatic carbocycles. The number of hydrogen-bond acceptors (Lipinski definition) is 4. The summed E-state index contributed by atoms with van der Waals surface area (Å²) >= 11 is 5.57. The average molecular weight is 408 g/mol. The molecule has 0 heterocycles. The number of sulfone groups is 1. The highest BCUT2D eigenvalue weighted by molar-refractivity contribution is 7.90. The van der Waals surface area contributed by atoms with Crippen molar-refractivity contribution < 1.29 is 31.1 Å². The number of alkyl halides is 3. The van der Waals surface area contributed by atoms with E-state index in [9.17, 15) is 26.4 Å². The number of hydrogen-bond donors (Lipinski definition) is 1. The molecule has 0 bridgehead atoms. The van der Waals surface area contributed by atoms with Crippen molar-refractivity contribution in [3.63, 3.8) is 0 Å². The molecule has 5 nitrogen and oxygen atoms in total. The maximum atomic E-state index is 13.0. The van der Waals surface area contributed by atoms with E-state index < -0.39 is 39.8 Å². The SMILES string of the molecule is CS(=O)(=O)c1ccc(OCC(=O)Nc2ccc(Cl)cc2C(F)(F)F)cc1. The lowest BCUT2D eigenvalue weighted by molar-refractivity contribution is -0.137. The Labute approximate surface area is 152 Å². The molecule has 0 saturated carbocycles. The molecule has 0 fully saturated rings. The first-order valence-corrected chi connectivity index (χ1v) is 9.33. The van der Waals surface area contributed by atoms with Crippen LogP contribution in [0, 0.1) is 0 Å². The first-order chi connectivity index (χ1) is 12.0. The Morgan fingerprint density at radius 3 is 2.31 bits per heavy atom. The molecule has 26 heavy (non-hydrogen) atoms. The van der Waals surface area contributed by atoms with E-state index in [2.05, 4.69) is 5.32 Å². The molecule has 2 aromatic rings. The van der Waals surface area contributed by atoms with Gasteiger partial charge in [0.1, 0.15) is 5.75 Å². The van der Waals surface area contributed by atoms with Crippen molar-refractivity contribution in [3.05, 3.63) is 53.1 Å². The molecule has 0 radical (unpaired) electrons. The number of halogens is 4. The van der Waals surface area contributed by atoms with E-state index in [1.165, 1.54) is 30.3 Å². The number of nitrogens with one attached hydrogen (secondary N) is 1. The summed E-state index contributed by atoms with van der Waals surface area (Å²) in [5.74, 6) is -0.621. The van der Waals surface area contributed by atoms with Crippen molar-refractivity contribution in [2.45, 2.75) is 11.1 Å². The summed E-state index contributed by atoms with van der Waals surface area (Å²) in [6, 6.07) is 8.25. The number of carbonyl (C=O) groups excluding carboxylic acids is 1. The predicted octanol–water partition coefficient (Wildman–Crippen LogP) is 3.78. The molecule has 0 aliphatic heterocycles. The van der Waals surface area contributed by atoms with Gasteiger partial charge in [0.2, 0.25) is 0 Å². The molecule has 0 spiro atoms. The average Bonchev–Trinajstić information content (AvgIpc) is 2.53. The lowest BCUT2D eigenvalue weighted by atomic mass is 10.1.